The van der Waals surface area contributed by atoms with Crippen molar-refractivity contribution in [2.75, 3.05) is 6.61 Å². The van der Waals surface area contributed by atoms with Gasteiger partial charge in [-0.15, -0.1) is 11.3 Å². The van der Waals surface area contributed by atoms with Gasteiger partial charge in [0.25, 0.3) is 5.91 Å². The van der Waals surface area contributed by atoms with Crippen LogP contribution in [0.3, 0.4) is 0 Å². The second-order valence-electron chi connectivity index (χ2n) is 3.70. The van der Waals surface area contributed by atoms with E-state index in [2.05, 4.69) is 5.43 Å². The van der Waals surface area contributed by atoms with Gasteiger partial charge in [0.2, 0.25) is 0 Å². The molecule has 0 saturated heterocycles. The molecule has 1 fully saturated rings. The van der Waals surface area contributed by atoms with E-state index in [1.807, 2.05) is 6.07 Å². The lowest BCUT2D eigenvalue weighted by molar-refractivity contribution is 0.0957. The fourth-order valence-corrected chi connectivity index (χ4v) is 2.11. The number of rotatable bonds is 5. The molecule has 15 heavy (non-hydrogen) atoms. The normalized spacial score (nSPS) is 15.3. The van der Waals surface area contributed by atoms with E-state index in [0.29, 0.717) is 11.5 Å². The summed E-state index contributed by atoms with van der Waals surface area (Å²) >= 11 is 1.42. The van der Waals surface area contributed by atoms with Gasteiger partial charge in [0.1, 0.15) is 0 Å². The Hall–Kier alpha value is -0.910. The van der Waals surface area contributed by atoms with Crippen molar-refractivity contribution in [1.29, 1.82) is 0 Å². The third-order valence-electron chi connectivity index (χ3n) is 2.31. The lowest BCUT2D eigenvalue weighted by Gasteiger charge is -1.99. The van der Waals surface area contributed by atoms with Crippen LogP contribution in [0.2, 0.25) is 0 Å². The van der Waals surface area contributed by atoms with Crippen LogP contribution in [0.5, 0.6) is 0 Å². The maximum atomic E-state index is 11.2. The van der Waals surface area contributed by atoms with Crippen LogP contribution in [0, 0.1) is 5.92 Å². The quantitative estimate of drug-likeness (QED) is 0.451. The van der Waals surface area contributed by atoms with Crippen molar-refractivity contribution in [1.82, 2.24) is 5.43 Å². The number of nitrogens with two attached hydrogens (primary N) is 1. The van der Waals surface area contributed by atoms with Crippen molar-refractivity contribution >= 4 is 17.2 Å². The summed E-state index contributed by atoms with van der Waals surface area (Å²) in [5.41, 5.74) is 2.11. The minimum atomic E-state index is -0.242. The zero-order chi connectivity index (χ0) is 10.7. The monoisotopic (exact) mass is 226 g/mol. The highest BCUT2D eigenvalue weighted by Crippen LogP contribution is 2.29. The Labute approximate surface area is 92.4 Å². The van der Waals surface area contributed by atoms with Gasteiger partial charge in [0, 0.05) is 11.5 Å². The Balaban J connectivity index is 1.80. The lowest BCUT2D eigenvalue weighted by Crippen LogP contribution is -2.29. The van der Waals surface area contributed by atoms with Crippen LogP contribution in [0.15, 0.2) is 12.1 Å². The molecule has 4 nitrogen and oxygen atoms in total. The van der Waals surface area contributed by atoms with Crippen LogP contribution in [-0.4, -0.2) is 12.5 Å². The molecule has 5 heteroatoms. The Bertz CT molecular complexity index is 347. The first kappa shape index (κ1) is 10.6. The number of hydrogen-bond donors (Lipinski definition) is 2. The minimum Gasteiger partial charge on any atom is -0.376 e. The number of nitrogen functional groups attached to an aromatic ring is 1. The van der Waals surface area contributed by atoms with E-state index in [-0.39, 0.29) is 5.91 Å². The molecule has 0 aromatic carbocycles. The molecule has 0 bridgehead atoms. The SMILES string of the molecule is NNC(=O)c1ccc(COCC2CC2)s1. The van der Waals surface area contributed by atoms with Crippen LogP contribution in [0.4, 0.5) is 0 Å². The first-order valence-electron chi connectivity index (χ1n) is 4.97. The summed E-state index contributed by atoms with van der Waals surface area (Å²) in [6.07, 6.45) is 2.59. The number of ether oxygens (including phenoxy) is 1. The Morgan fingerprint density at radius 2 is 2.40 bits per heavy atom. The Morgan fingerprint density at radius 3 is 3.07 bits per heavy atom. The first-order chi connectivity index (χ1) is 7.29. The zero-order valence-electron chi connectivity index (χ0n) is 8.36. The molecule has 3 N–H and O–H groups in total. The van der Waals surface area contributed by atoms with Crippen LogP contribution in [0.1, 0.15) is 27.4 Å². The topological polar surface area (TPSA) is 64.3 Å². The van der Waals surface area contributed by atoms with E-state index in [4.69, 9.17) is 10.6 Å². The third kappa shape index (κ3) is 3.02. The predicted molar refractivity (Wildman–Crippen MR) is 58.4 cm³/mol. The number of carbonyl (C=O) groups is 1. The molecule has 82 valence electrons. The molecule has 1 aliphatic carbocycles. The van der Waals surface area contributed by atoms with Crippen LogP contribution in [-0.2, 0) is 11.3 Å². The van der Waals surface area contributed by atoms with E-state index in [1.165, 1.54) is 24.2 Å². The van der Waals surface area contributed by atoms with Gasteiger partial charge in [0.05, 0.1) is 11.5 Å². The standard InChI is InChI=1S/C10H14N2O2S/c11-12-10(13)9-4-3-8(15-9)6-14-5-7-1-2-7/h3-4,7H,1-2,5-6,11H2,(H,12,13). The van der Waals surface area contributed by atoms with E-state index >= 15 is 0 Å². The molecule has 2 rings (SSSR count). The summed E-state index contributed by atoms with van der Waals surface area (Å²) in [5, 5.41) is 0. The maximum Gasteiger partial charge on any atom is 0.275 e. The number of hydrogen-bond acceptors (Lipinski definition) is 4. The number of amides is 1. The third-order valence-corrected chi connectivity index (χ3v) is 3.37. The van der Waals surface area contributed by atoms with Gasteiger partial charge in [0.15, 0.2) is 0 Å². The van der Waals surface area contributed by atoms with Gasteiger partial charge in [-0.3, -0.25) is 10.2 Å². The molecule has 1 aromatic heterocycles. The molecule has 1 aromatic rings. The van der Waals surface area contributed by atoms with Gasteiger partial charge in [-0.1, -0.05) is 0 Å². The van der Waals surface area contributed by atoms with Crippen molar-refractivity contribution in [2.45, 2.75) is 19.4 Å². The highest BCUT2D eigenvalue weighted by atomic mass is 32.1. The minimum absolute atomic E-state index is 0.242. The summed E-state index contributed by atoms with van der Waals surface area (Å²) in [4.78, 5) is 12.8. The van der Waals surface area contributed by atoms with Gasteiger partial charge in [-0.25, -0.2) is 5.84 Å². The van der Waals surface area contributed by atoms with Gasteiger partial charge in [-0.2, -0.15) is 0 Å². The average Bonchev–Trinajstić information content (AvgIpc) is 2.94. The molecule has 0 aliphatic heterocycles. The molecule has 0 spiro atoms. The van der Waals surface area contributed by atoms with Gasteiger partial charge >= 0.3 is 0 Å². The van der Waals surface area contributed by atoms with E-state index in [0.717, 1.165) is 17.4 Å². The molecule has 0 atom stereocenters. The molecule has 1 amide bonds. The molecular weight excluding hydrogens is 212 g/mol. The lowest BCUT2D eigenvalue weighted by atomic mass is 10.4. The van der Waals surface area contributed by atoms with Gasteiger partial charge in [-0.05, 0) is 30.9 Å². The highest BCUT2D eigenvalue weighted by molar-refractivity contribution is 7.14. The fraction of sp³-hybridized carbons (Fsp3) is 0.500. The largest absolute Gasteiger partial charge is 0.376 e. The molecule has 1 saturated carbocycles. The molecule has 0 unspecified atom stereocenters. The van der Waals surface area contributed by atoms with Crippen LogP contribution >= 0.6 is 11.3 Å². The second-order valence-corrected chi connectivity index (χ2v) is 4.87. The fourth-order valence-electron chi connectivity index (χ4n) is 1.26. The van der Waals surface area contributed by atoms with E-state index < -0.39 is 0 Å². The highest BCUT2D eigenvalue weighted by Gasteiger charge is 2.21. The van der Waals surface area contributed by atoms with Crippen LogP contribution < -0.4 is 11.3 Å². The van der Waals surface area contributed by atoms with Crippen LogP contribution in [0.25, 0.3) is 0 Å². The predicted octanol–water partition coefficient (Wildman–Crippen LogP) is 1.28. The summed E-state index contributed by atoms with van der Waals surface area (Å²) in [6, 6.07) is 3.67. The summed E-state index contributed by atoms with van der Waals surface area (Å²) in [5.74, 6) is 5.57. The first-order valence-corrected chi connectivity index (χ1v) is 5.78. The van der Waals surface area contributed by atoms with Crippen molar-refractivity contribution in [3.05, 3.63) is 21.9 Å². The maximum absolute atomic E-state index is 11.2. The van der Waals surface area contributed by atoms with Crippen molar-refractivity contribution in [3.63, 3.8) is 0 Å². The van der Waals surface area contributed by atoms with E-state index in [1.54, 1.807) is 6.07 Å². The summed E-state index contributed by atoms with van der Waals surface area (Å²) < 4.78 is 5.52. The summed E-state index contributed by atoms with van der Waals surface area (Å²) in [7, 11) is 0. The van der Waals surface area contributed by atoms with Crippen molar-refractivity contribution < 1.29 is 9.53 Å². The Kier molecular flexibility index (Phi) is 3.35. The molecule has 0 radical (unpaired) electrons. The number of nitrogens with one attached hydrogen (secondary N) is 1. The smallest absolute Gasteiger partial charge is 0.275 e. The average molecular weight is 226 g/mol. The zero-order valence-corrected chi connectivity index (χ0v) is 9.18. The molecule has 1 heterocycles. The van der Waals surface area contributed by atoms with Crippen molar-refractivity contribution in [3.8, 4) is 0 Å². The number of thiophene rings is 1. The summed E-state index contributed by atoms with van der Waals surface area (Å²) in [6.45, 7) is 1.44. The van der Waals surface area contributed by atoms with E-state index in [9.17, 15) is 4.79 Å². The van der Waals surface area contributed by atoms with Crippen molar-refractivity contribution in [2.24, 2.45) is 11.8 Å². The number of carbonyl (C=O) groups excluding carboxylic acids is 1. The Morgan fingerprint density at radius 1 is 1.60 bits per heavy atom. The molecular formula is C10H14N2O2S. The molecule has 1 aliphatic rings. The second kappa shape index (κ2) is 4.74. The van der Waals surface area contributed by atoms with Gasteiger partial charge < -0.3 is 4.74 Å². The number of hydrazine groups is 1.